The van der Waals surface area contributed by atoms with Gasteiger partial charge in [0.05, 0.1) is 17.8 Å². The number of likely N-dealkylation sites (N-methyl/N-ethyl adjacent to an activating group) is 1. The molecule has 2 fully saturated rings. The predicted molar refractivity (Wildman–Crippen MR) is 104 cm³/mol. The average molecular weight is 386 g/mol. The van der Waals surface area contributed by atoms with Crippen LogP contribution in [0, 0.1) is 0 Å². The molecule has 2 aromatic heterocycles. The number of piperazine rings is 1. The van der Waals surface area contributed by atoms with Crippen LogP contribution >= 0.6 is 11.3 Å². The predicted octanol–water partition coefficient (Wildman–Crippen LogP) is 0.859. The summed E-state index contributed by atoms with van der Waals surface area (Å²) in [5.74, 6) is 0.0229. The molecule has 2 aliphatic heterocycles. The number of rotatable bonds is 3. The molecule has 1 atom stereocenters. The van der Waals surface area contributed by atoms with E-state index >= 15 is 0 Å². The minimum Gasteiger partial charge on any atom is -0.339 e. The van der Waals surface area contributed by atoms with Crippen LogP contribution in [0.25, 0.3) is 0 Å². The van der Waals surface area contributed by atoms with E-state index in [1.807, 2.05) is 33.7 Å². The Balaban J connectivity index is 1.50. The second-order valence-electron chi connectivity index (χ2n) is 7.27. The fourth-order valence-corrected chi connectivity index (χ4v) is 4.59. The lowest BCUT2D eigenvalue weighted by atomic mass is 9.93. The van der Waals surface area contributed by atoms with Crippen molar-refractivity contribution in [3.63, 3.8) is 0 Å². The first-order valence-electron chi connectivity index (χ1n) is 8.96. The Morgan fingerprint density at radius 3 is 2.81 bits per heavy atom. The Morgan fingerprint density at radius 2 is 2.07 bits per heavy atom. The minimum atomic E-state index is -0.243. The summed E-state index contributed by atoms with van der Waals surface area (Å²) in [7, 11) is 1.96. The van der Waals surface area contributed by atoms with Crippen molar-refractivity contribution in [1.82, 2.24) is 14.4 Å². The Morgan fingerprint density at radius 1 is 1.22 bits per heavy atom. The van der Waals surface area contributed by atoms with E-state index < -0.39 is 0 Å². The second-order valence-corrected chi connectivity index (χ2v) is 8.05. The van der Waals surface area contributed by atoms with Gasteiger partial charge in [-0.15, -0.1) is 0 Å². The maximum absolute atomic E-state index is 12.7. The van der Waals surface area contributed by atoms with Crippen molar-refractivity contribution in [1.29, 1.82) is 0 Å². The third-order valence-corrected chi connectivity index (χ3v) is 6.31. The number of hydrogen-bond acceptors (Lipinski definition) is 5. The third-order valence-electron chi connectivity index (χ3n) is 5.64. The van der Waals surface area contributed by atoms with Crippen LogP contribution in [0.1, 0.15) is 6.42 Å². The lowest BCUT2D eigenvalue weighted by molar-refractivity contribution is -0.131. The van der Waals surface area contributed by atoms with Crippen LogP contribution in [0.5, 0.6) is 0 Å². The van der Waals surface area contributed by atoms with Crippen molar-refractivity contribution < 1.29 is 9.59 Å². The van der Waals surface area contributed by atoms with Crippen LogP contribution in [-0.4, -0.2) is 64.9 Å². The van der Waals surface area contributed by atoms with Gasteiger partial charge in [0.25, 0.3) is 5.56 Å². The van der Waals surface area contributed by atoms with E-state index in [4.69, 9.17) is 0 Å². The molecule has 1 unspecified atom stereocenters. The maximum atomic E-state index is 12.7. The summed E-state index contributed by atoms with van der Waals surface area (Å²) in [6, 6.07) is 6.83. The van der Waals surface area contributed by atoms with Crippen LogP contribution in [-0.2, 0) is 16.1 Å². The summed E-state index contributed by atoms with van der Waals surface area (Å²) in [6.07, 6.45) is 2.45. The van der Waals surface area contributed by atoms with Crippen molar-refractivity contribution in [3.05, 3.63) is 51.6 Å². The molecule has 2 amide bonds. The Labute approximate surface area is 161 Å². The van der Waals surface area contributed by atoms with Gasteiger partial charge in [0, 0.05) is 37.3 Å². The van der Waals surface area contributed by atoms with E-state index in [0.717, 1.165) is 12.1 Å². The SMILES string of the molecule is CN1CC(=O)N(c2ccsc2)CC12CCN(C(=O)Cn1ccccc1=O)C2. The van der Waals surface area contributed by atoms with Gasteiger partial charge in [-0.1, -0.05) is 6.07 Å². The highest BCUT2D eigenvalue weighted by Gasteiger charge is 2.48. The highest BCUT2D eigenvalue weighted by Crippen LogP contribution is 2.34. The summed E-state index contributed by atoms with van der Waals surface area (Å²) in [5, 5.41) is 3.95. The van der Waals surface area contributed by atoms with E-state index in [-0.39, 0.29) is 29.5 Å². The summed E-state index contributed by atoms with van der Waals surface area (Å²) in [4.78, 5) is 42.9. The molecular formula is C19H22N4O3S. The van der Waals surface area contributed by atoms with E-state index in [2.05, 4.69) is 4.90 Å². The molecule has 2 aliphatic rings. The molecule has 0 aromatic carbocycles. The molecule has 1 spiro atoms. The lowest BCUT2D eigenvalue weighted by Gasteiger charge is -2.46. The van der Waals surface area contributed by atoms with Crippen LogP contribution in [0.4, 0.5) is 5.69 Å². The number of anilines is 1. The molecule has 2 saturated heterocycles. The molecular weight excluding hydrogens is 364 g/mol. The van der Waals surface area contributed by atoms with Gasteiger partial charge in [-0.2, -0.15) is 11.3 Å². The Hall–Kier alpha value is -2.45. The van der Waals surface area contributed by atoms with Gasteiger partial charge >= 0.3 is 0 Å². The number of likely N-dealkylation sites (tertiary alicyclic amines) is 1. The van der Waals surface area contributed by atoms with Gasteiger partial charge in [-0.05, 0) is 31.0 Å². The summed E-state index contributed by atoms with van der Waals surface area (Å²) in [6.45, 7) is 2.17. The molecule has 142 valence electrons. The van der Waals surface area contributed by atoms with Crippen molar-refractivity contribution in [2.75, 3.05) is 38.1 Å². The molecule has 8 heteroatoms. The molecule has 0 aliphatic carbocycles. The van der Waals surface area contributed by atoms with Crippen LogP contribution in [0.2, 0.25) is 0 Å². The summed E-state index contributed by atoms with van der Waals surface area (Å²) < 4.78 is 1.43. The molecule has 0 N–H and O–H groups in total. The topological polar surface area (TPSA) is 65.9 Å². The van der Waals surface area contributed by atoms with E-state index in [1.54, 1.807) is 29.7 Å². The van der Waals surface area contributed by atoms with Crippen LogP contribution in [0.15, 0.2) is 46.0 Å². The van der Waals surface area contributed by atoms with Crippen molar-refractivity contribution in [2.45, 2.75) is 18.5 Å². The van der Waals surface area contributed by atoms with Crippen LogP contribution < -0.4 is 10.5 Å². The summed E-state index contributed by atoms with van der Waals surface area (Å²) in [5.41, 5.74) is 0.509. The number of pyridine rings is 1. The molecule has 27 heavy (non-hydrogen) atoms. The zero-order valence-corrected chi connectivity index (χ0v) is 16.0. The molecule has 2 aromatic rings. The first-order chi connectivity index (χ1) is 13.0. The van der Waals surface area contributed by atoms with E-state index in [9.17, 15) is 14.4 Å². The van der Waals surface area contributed by atoms with Crippen molar-refractivity contribution >= 4 is 28.8 Å². The Bertz CT molecular complexity index is 910. The van der Waals surface area contributed by atoms with Crippen molar-refractivity contribution in [2.24, 2.45) is 0 Å². The largest absolute Gasteiger partial charge is 0.339 e. The maximum Gasteiger partial charge on any atom is 0.250 e. The van der Waals surface area contributed by atoms with Gasteiger partial charge < -0.3 is 14.4 Å². The van der Waals surface area contributed by atoms with Gasteiger partial charge in [0.15, 0.2) is 0 Å². The molecule has 0 saturated carbocycles. The smallest absolute Gasteiger partial charge is 0.250 e. The molecule has 7 nitrogen and oxygen atoms in total. The average Bonchev–Trinajstić information content (AvgIpc) is 3.31. The van der Waals surface area contributed by atoms with Gasteiger partial charge in [-0.3, -0.25) is 19.3 Å². The number of thiophene rings is 1. The van der Waals surface area contributed by atoms with Gasteiger partial charge in [-0.25, -0.2) is 0 Å². The molecule has 0 radical (unpaired) electrons. The first-order valence-corrected chi connectivity index (χ1v) is 9.90. The normalized spacial score (nSPS) is 23.4. The first kappa shape index (κ1) is 17.9. The Kier molecular flexibility index (Phi) is 4.61. The minimum absolute atomic E-state index is 0.0483. The van der Waals surface area contributed by atoms with Gasteiger partial charge in [0.1, 0.15) is 6.54 Å². The number of hydrogen-bond donors (Lipinski definition) is 0. The highest BCUT2D eigenvalue weighted by molar-refractivity contribution is 7.08. The van der Waals surface area contributed by atoms with Crippen molar-refractivity contribution in [3.8, 4) is 0 Å². The summed E-state index contributed by atoms with van der Waals surface area (Å²) >= 11 is 1.57. The molecule has 4 rings (SSSR count). The lowest BCUT2D eigenvalue weighted by Crippen LogP contribution is -2.64. The molecule has 4 heterocycles. The molecule has 0 bridgehead atoms. The third kappa shape index (κ3) is 3.30. The number of carbonyl (C=O) groups is 2. The zero-order valence-electron chi connectivity index (χ0n) is 15.2. The quantitative estimate of drug-likeness (QED) is 0.785. The highest BCUT2D eigenvalue weighted by atomic mass is 32.1. The van der Waals surface area contributed by atoms with Crippen LogP contribution in [0.3, 0.4) is 0 Å². The van der Waals surface area contributed by atoms with E-state index in [0.29, 0.717) is 26.2 Å². The number of nitrogens with zero attached hydrogens (tertiary/aromatic N) is 4. The fourth-order valence-electron chi connectivity index (χ4n) is 3.95. The number of carbonyl (C=O) groups excluding carboxylic acids is 2. The fraction of sp³-hybridized carbons (Fsp3) is 0.421. The van der Waals surface area contributed by atoms with Gasteiger partial charge in [0.2, 0.25) is 11.8 Å². The number of amides is 2. The second kappa shape index (κ2) is 6.94. The number of aromatic nitrogens is 1. The zero-order chi connectivity index (χ0) is 19.0. The monoisotopic (exact) mass is 386 g/mol. The van der Waals surface area contributed by atoms with E-state index in [1.165, 1.54) is 10.6 Å². The standard InChI is InChI=1S/C19H22N4O3S/c1-20-10-18(26)23(15-5-9-27-12-15)14-19(20)6-8-22(13-19)17(25)11-21-7-3-2-4-16(21)24/h2-5,7,9,12H,6,8,10-11,13-14H2,1H3.